The van der Waals surface area contributed by atoms with E-state index in [1.54, 1.807) is 7.11 Å². The fraction of sp³-hybridized carbons (Fsp3) is 0.562. The Labute approximate surface area is 121 Å². The Morgan fingerprint density at radius 3 is 2.48 bits per heavy atom. The highest BCUT2D eigenvalue weighted by Crippen LogP contribution is 2.48. The number of benzene rings is 1. The van der Waals surface area contributed by atoms with Crippen LogP contribution < -0.4 is 0 Å². The number of hydrogen-bond donors (Lipinski definition) is 0. The lowest BCUT2D eigenvalue weighted by Gasteiger charge is -2.35. The van der Waals surface area contributed by atoms with E-state index in [0.717, 1.165) is 30.5 Å². The van der Waals surface area contributed by atoms with Crippen molar-refractivity contribution < 1.29 is 22.7 Å². The van der Waals surface area contributed by atoms with Crippen LogP contribution in [0.1, 0.15) is 47.2 Å². The van der Waals surface area contributed by atoms with Crippen LogP contribution in [0.4, 0.5) is 13.2 Å². The second-order valence-corrected chi connectivity index (χ2v) is 6.09. The number of ether oxygens (including phenoxy) is 1. The van der Waals surface area contributed by atoms with Gasteiger partial charge in [0.1, 0.15) is 0 Å². The first-order chi connectivity index (χ1) is 9.86. The van der Waals surface area contributed by atoms with Crippen LogP contribution in [-0.2, 0) is 17.3 Å². The molecular formula is C16H17F3O2. The molecule has 2 aliphatic carbocycles. The monoisotopic (exact) mass is 298 g/mol. The Morgan fingerprint density at radius 2 is 1.90 bits per heavy atom. The molecule has 21 heavy (non-hydrogen) atoms. The summed E-state index contributed by atoms with van der Waals surface area (Å²) in [6.45, 7) is 0. The largest absolute Gasteiger partial charge is 0.416 e. The highest BCUT2D eigenvalue weighted by molar-refractivity contribution is 6.05. The van der Waals surface area contributed by atoms with E-state index in [1.165, 1.54) is 6.07 Å². The summed E-state index contributed by atoms with van der Waals surface area (Å²) in [6.07, 6.45) is -0.696. The van der Waals surface area contributed by atoms with Gasteiger partial charge < -0.3 is 4.74 Å². The van der Waals surface area contributed by atoms with Crippen molar-refractivity contribution in [3.63, 3.8) is 0 Å². The molecule has 0 atom stereocenters. The third-order valence-corrected chi connectivity index (χ3v) is 4.92. The van der Waals surface area contributed by atoms with Gasteiger partial charge in [0, 0.05) is 18.1 Å². The van der Waals surface area contributed by atoms with Crippen LogP contribution in [0.5, 0.6) is 0 Å². The Bertz CT molecular complexity index is 569. The molecule has 0 aliphatic heterocycles. The summed E-state index contributed by atoms with van der Waals surface area (Å²) in [6, 6.07) is 3.56. The molecule has 1 aromatic rings. The lowest BCUT2D eigenvalue weighted by atomic mass is 9.70. The number of carbonyl (C=O) groups is 1. The zero-order valence-electron chi connectivity index (χ0n) is 11.8. The average molecular weight is 298 g/mol. The Hall–Kier alpha value is -1.36. The van der Waals surface area contributed by atoms with Crippen molar-refractivity contribution in [2.75, 3.05) is 7.11 Å². The summed E-state index contributed by atoms with van der Waals surface area (Å²) in [7, 11) is 1.66. The summed E-state index contributed by atoms with van der Waals surface area (Å²) < 4.78 is 43.7. The van der Waals surface area contributed by atoms with Crippen molar-refractivity contribution in [1.29, 1.82) is 0 Å². The summed E-state index contributed by atoms with van der Waals surface area (Å²) >= 11 is 0. The van der Waals surface area contributed by atoms with Crippen LogP contribution in [0, 0.1) is 5.41 Å². The zero-order chi connectivity index (χ0) is 15.3. The van der Waals surface area contributed by atoms with Crippen molar-refractivity contribution in [3.8, 4) is 0 Å². The Balaban J connectivity index is 1.89. The summed E-state index contributed by atoms with van der Waals surface area (Å²) in [5.41, 5.74) is -0.219. The smallest absolute Gasteiger partial charge is 0.381 e. The molecule has 2 aliphatic rings. The number of ketones is 1. The molecule has 0 aromatic heterocycles. The molecule has 3 rings (SSSR count). The lowest BCUT2D eigenvalue weighted by Crippen LogP contribution is -2.35. The molecule has 0 saturated heterocycles. The number of hydrogen-bond acceptors (Lipinski definition) is 2. The molecule has 1 spiro atoms. The Morgan fingerprint density at radius 1 is 1.24 bits per heavy atom. The molecule has 1 aromatic carbocycles. The van der Waals surface area contributed by atoms with E-state index in [9.17, 15) is 18.0 Å². The van der Waals surface area contributed by atoms with Crippen LogP contribution in [0.3, 0.4) is 0 Å². The topological polar surface area (TPSA) is 26.3 Å². The van der Waals surface area contributed by atoms with E-state index in [1.807, 2.05) is 0 Å². The summed E-state index contributed by atoms with van der Waals surface area (Å²) in [5, 5.41) is 0. The molecule has 0 bridgehead atoms. The number of Topliss-reactive ketones (excluding diaryl/α,β-unsaturated/α-hetero) is 1. The van der Waals surface area contributed by atoms with Crippen molar-refractivity contribution in [2.45, 2.75) is 44.4 Å². The molecule has 1 saturated carbocycles. The molecule has 0 unspecified atom stereocenters. The average Bonchev–Trinajstić information content (AvgIpc) is 2.72. The highest BCUT2D eigenvalue weighted by atomic mass is 19.4. The number of rotatable bonds is 1. The highest BCUT2D eigenvalue weighted by Gasteiger charge is 2.48. The van der Waals surface area contributed by atoms with Gasteiger partial charge in [-0.1, -0.05) is 6.07 Å². The van der Waals surface area contributed by atoms with E-state index < -0.39 is 17.2 Å². The molecule has 5 heteroatoms. The van der Waals surface area contributed by atoms with Crippen molar-refractivity contribution >= 4 is 5.78 Å². The molecule has 0 radical (unpaired) electrons. The normalized spacial score (nSPS) is 29.0. The van der Waals surface area contributed by atoms with Gasteiger partial charge in [0.05, 0.1) is 11.7 Å². The molecule has 0 N–H and O–H groups in total. The maximum absolute atomic E-state index is 12.8. The Kier molecular flexibility index (Phi) is 3.35. The first kappa shape index (κ1) is 14.6. The predicted molar refractivity (Wildman–Crippen MR) is 71.2 cm³/mol. The van der Waals surface area contributed by atoms with Crippen LogP contribution in [0.2, 0.25) is 0 Å². The van der Waals surface area contributed by atoms with Gasteiger partial charge in [-0.15, -0.1) is 0 Å². The fourth-order valence-electron chi connectivity index (χ4n) is 3.63. The predicted octanol–water partition coefficient (Wildman–Crippen LogP) is 4.02. The van der Waals surface area contributed by atoms with Gasteiger partial charge in [-0.3, -0.25) is 4.79 Å². The molecule has 114 valence electrons. The van der Waals surface area contributed by atoms with Gasteiger partial charge >= 0.3 is 6.18 Å². The van der Waals surface area contributed by atoms with Crippen molar-refractivity contribution in [2.24, 2.45) is 5.41 Å². The van der Waals surface area contributed by atoms with Gasteiger partial charge in [0.25, 0.3) is 0 Å². The van der Waals surface area contributed by atoms with Crippen LogP contribution in [-0.4, -0.2) is 19.0 Å². The molecule has 1 fully saturated rings. The van der Waals surface area contributed by atoms with Gasteiger partial charge in [0.15, 0.2) is 5.78 Å². The number of alkyl halides is 3. The molecular weight excluding hydrogens is 281 g/mol. The number of methoxy groups -OCH3 is 1. The van der Waals surface area contributed by atoms with E-state index in [0.29, 0.717) is 19.3 Å². The van der Waals surface area contributed by atoms with Crippen LogP contribution in [0.15, 0.2) is 18.2 Å². The number of carbonyl (C=O) groups excluding carboxylic acids is 1. The second kappa shape index (κ2) is 4.83. The van der Waals surface area contributed by atoms with Gasteiger partial charge in [-0.2, -0.15) is 13.2 Å². The maximum atomic E-state index is 12.8. The van der Waals surface area contributed by atoms with Gasteiger partial charge in [-0.05, 0) is 49.8 Å². The standard InChI is InChI=1S/C16H17F3O2/c1-21-12-4-6-15(7-5-12)9-10-2-3-11(16(17,18)19)8-13(10)14(15)20/h2-3,8,12H,4-7,9H2,1H3. The molecule has 2 nitrogen and oxygen atoms in total. The van der Waals surface area contributed by atoms with Crippen LogP contribution in [0.25, 0.3) is 0 Å². The summed E-state index contributed by atoms with van der Waals surface area (Å²) in [5.74, 6) is -0.113. The van der Waals surface area contributed by atoms with Gasteiger partial charge in [0.2, 0.25) is 0 Å². The minimum absolute atomic E-state index is 0.113. The first-order valence-corrected chi connectivity index (χ1v) is 7.13. The lowest BCUT2D eigenvalue weighted by molar-refractivity contribution is -0.137. The summed E-state index contributed by atoms with van der Waals surface area (Å²) in [4.78, 5) is 12.6. The quantitative estimate of drug-likeness (QED) is 0.782. The molecule has 0 heterocycles. The minimum Gasteiger partial charge on any atom is -0.381 e. The van der Waals surface area contributed by atoms with Crippen molar-refractivity contribution in [3.05, 3.63) is 34.9 Å². The SMILES string of the molecule is COC1CCC2(CC1)Cc1ccc(C(F)(F)F)cc1C2=O. The van der Waals surface area contributed by atoms with Gasteiger partial charge in [-0.25, -0.2) is 0 Å². The maximum Gasteiger partial charge on any atom is 0.416 e. The third-order valence-electron chi connectivity index (χ3n) is 4.92. The zero-order valence-corrected chi connectivity index (χ0v) is 11.8. The number of halogens is 3. The molecule has 0 amide bonds. The minimum atomic E-state index is -4.40. The van der Waals surface area contributed by atoms with E-state index in [-0.39, 0.29) is 17.5 Å². The van der Waals surface area contributed by atoms with E-state index in [4.69, 9.17) is 4.74 Å². The first-order valence-electron chi connectivity index (χ1n) is 7.13. The second-order valence-electron chi connectivity index (χ2n) is 6.09. The van der Waals surface area contributed by atoms with E-state index >= 15 is 0 Å². The van der Waals surface area contributed by atoms with Crippen LogP contribution >= 0.6 is 0 Å². The fourth-order valence-corrected chi connectivity index (χ4v) is 3.63. The van der Waals surface area contributed by atoms with Crippen molar-refractivity contribution in [1.82, 2.24) is 0 Å². The third kappa shape index (κ3) is 2.37. The van der Waals surface area contributed by atoms with E-state index in [2.05, 4.69) is 0 Å². The number of fused-ring (bicyclic) bond motifs is 1.